The lowest BCUT2D eigenvalue weighted by Crippen LogP contribution is -2.31. The van der Waals surface area contributed by atoms with Crippen molar-refractivity contribution >= 4 is 11.5 Å². The second kappa shape index (κ2) is 10.9. The predicted octanol–water partition coefficient (Wildman–Crippen LogP) is 8.64. The Morgan fingerprint density at radius 2 is 1.21 bits per heavy atom. The Morgan fingerprint density at radius 1 is 0.667 bits per heavy atom. The van der Waals surface area contributed by atoms with E-state index in [9.17, 15) is 0 Å². The number of hydrogen-bond acceptors (Lipinski definition) is 3. The quantitative estimate of drug-likeness (QED) is 0.251. The maximum atomic E-state index is 5.33. The highest BCUT2D eigenvalue weighted by Gasteiger charge is 2.28. The molecule has 1 aliphatic heterocycles. The number of hydrogen-bond donors (Lipinski definition) is 1. The van der Waals surface area contributed by atoms with Gasteiger partial charge in [-0.25, -0.2) is 4.98 Å². The summed E-state index contributed by atoms with van der Waals surface area (Å²) in [7, 11) is 0. The molecule has 3 heteroatoms. The zero-order chi connectivity index (χ0) is 26.6. The van der Waals surface area contributed by atoms with Gasteiger partial charge in [0.15, 0.2) is 0 Å². The molecule has 1 unspecified atom stereocenters. The Labute approximate surface area is 230 Å². The van der Waals surface area contributed by atoms with Crippen molar-refractivity contribution in [3.8, 4) is 22.4 Å². The number of aromatic nitrogens is 1. The SMILES string of the molecule is CCC1=C(c2nc(-c3ccccc3)cc(-c3ccccc3)c2C)NC(c2ccccc2)=NC1c1ccccc1. The van der Waals surface area contributed by atoms with Gasteiger partial charge in [-0.3, -0.25) is 4.99 Å². The number of nitrogens with zero attached hydrogens (tertiary/aromatic N) is 2. The summed E-state index contributed by atoms with van der Waals surface area (Å²) in [5.74, 6) is 0.865. The van der Waals surface area contributed by atoms with E-state index in [4.69, 9.17) is 9.98 Å². The van der Waals surface area contributed by atoms with Crippen LogP contribution < -0.4 is 5.32 Å². The average Bonchev–Trinajstić information content (AvgIpc) is 3.02. The molecule has 0 saturated heterocycles. The van der Waals surface area contributed by atoms with Crippen molar-refractivity contribution in [3.63, 3.8) is 0 Å². The van der Waals surface area contributed by atoms with Crippen LogP contribution in [0.15, 0.2) is 138 Å². The second-order valence-electron chi connectivity index (χ2n) is 9.80. The highest BCUT2D eigenvalue weighted by Crippen LogP contribution is 2.39. The molecule has 39 heavy (non-hydrogen) atoms. The Balaban J connectivity index is 1.61. The molecule has 4 aromatic carbocycles. The average molecular weight is 506 g/mol. The van der Waals surface area contributed by atoms with E-state index < -0.39 is 0 Å². The van der Waals surface area contributed by atoms with Crippen LogP contribution in [0.2, 0.25) is 0 Å². The summed E-state index contributed by atoms with van der Waals surface area (Å²) in [6.07, 6.45) is 0.852. The number of benzene rings is 4. The van der Waals surface area contributed by atoms with E-state index in [1.54, 1.807) is 0 Å². The Bertz CT molecular complexity index is 1640. The molecule has 0 saturated carbocycles. The number of amidine groups is 1. The fraction of sp³-hybridized carbons (Fsp3) is 0.111. The lowest BCUT2D eigenvalue weighted by Gasteiger charge is -2.29. The molecule has 190 valence electrons. The molecule has 0 radical (unpaired) electrons. The summed E-state index contributed by atoms with van der Waals surface area (Å²) in [5.41, 5.74) is 11.1. The maximum absolute atomic E-state index is 5.33. The summed E-state index contributed by atoms with van der Waals surface area (Å²) in [6.45, 7) is 4.40. The van der Waals surface area contributed by atoms with Crippen LogP contribution in [-0.2, 0) is 0 Å². The Kier molecular flexibility index (Phi) is 6.88. The van der Waals surface area contributed by atoms with Gasteiger partial charge in [-0.05, 0) is 47.2 Å². The fourth-order valence-electron chi connectivity index (χ4n) is 5.34. The van der Waals surface area contributed by atoms with E-state index in [0.29, 0.717) is 0 Å². The maximum Gasteiger partial charge on any atom is 0.133 e. The van der Waals surface area contributed by atoms with Crippen LogP contribution in [0.3, 0.4) is 0 Å². The van der Waals surface area contributed by atoms with Crippen molar-refractivity contribution < 1.29 is 0 Å². The van der Waals surface area contributed by atoms with Gasteiger partial charge in [0.1, 0.15) is 11.9 Å². The molecular formula is C36H31N3. The molecule has 0 amide bonds. The number of pyridine rings is 1. The lowest BCUT2D eigenvalue weighted by molar-refractivity contribution is 0.776. The van der Waals surface area contributed by atoms with Gasteiger partial charge in [0.05, 0.1) is 17.1 Å². The summed E-state index contributed by atoms with van der Waals surface area (Å²) >= 11 is 0. The van der Waals surface area contributed by atoms with Gasteiger partial charge in [0, 0.05) is 11.1 Å². The predicted molar refractivity (Wildman–Crippen MR) is 162 cm³/mol. The summed E-state index contributed by atoms with van der Waals surface area (Å²) < 4.78 is 0. The molecule has 1 N–H and O–H groups in total. The zero-order valence-corrected chi connectivity index (χ0v) is 22.3. The van der Waals surface area contributed by atoms with Gasteiger partial charge in [0.2, 0.25) is 0 Å². The highest BCUT2D eigenvalue weighted by molar-refractivity contribution is 6.05. The monoisotopic (exact) mass is 505 g/mol. The topological polar surface area (TPSA) is 37.3 Å². The van der Waals surface area contributed by atoms with Crippen molar-refractivity contribution in [2.45, 2.75) is 26.3 Å². The van der Waals surface area contributed by atoms with Crippen molar-refractivity contribution in [3.05, 3.63) is 155 Å². The number of rotatable bonds is 6. The molecule has 3 nitrogen and oxygen atoms in total. The summed E-state index contributed by atoms with van der Waals surface area (Å²) in [6, 6.07) is 44.1. The van der Waals surface area contributed by atoms with E-state index in [1.165, 1.54) is 22.3 Å². The third kappa shape index (κ3) is 4.92. The third-order valence-electron chi connectivity index (χ3n) is 7.36. The van der Waals surface area contributed by atoms with Crippen LogP contribution in [0.1, 0.15) is 41.8 Å². The molecule has 6 rings (SSSR count). The van der Waals surface area contributed by atoms with E-state index in [0.717, 1.165) is 46.0 Å². The van der Waals surface area contributed by atoms with E-state index in [2.05, 4.69) is 134 Å². The van der Waals surface area contributed by atoms with Crippen molar-refractivity contribution in [1.29, 1.82) is 0 Å². The second-order valence-corrected chi connectivity index (χ2v) is 9.80. The molecule has 1 aromatic heterocycles. The van der Waals surface area contributed by atoms with Gasteiger partial charge in [-0.1, -0.05) is 128 Å². The van der Waals surface area contributed by atoms with Gasteiger partial charge in [-0.2, -0.15) is 0 Å². The van der Waals surface area contributed by atoms with E-state index in [-0.39, 0.29) is 6.04 Å². The minimum Gasteiger partial charge on any atom is -0.338 e. The first-order valence-corrected chi connectivity index (χ1v) is 13.5. The third-order valence-corrected chi connectivity index (χ3v) is 7.36. The molecule has 0 spiro atoms. The van der Waals surface area contributed by atoms with Crippen LogP contribution in [0, 0.1) is 6.92 Å². The first-order valence-electron chi connectivity index (χ1n) is 13.5. The van der Waals surface area contributed by atoms with Gasteiger partial charge >= 0.3 is 0 Å². The number of aliphatic imine (C=N–C) groups is 1. The van der Waals surface area contributed by atoms with Crippen LogP contribution in [-0.4, -0.2) is 10.8 Å². The molecular weight excluding hydrogens is 474 g/mol. The molecule has 1 aliphatic rings. The lowest BCUT2D eigenvalue weighted by atomic mass is 9.89. The summed E-state index contributed by atoms with van der Waals surface area (Å²) in [4.78, 5) is 10.6. The zero-order valence-electron chi connectivity index (χ0n) is 22.3. The summed E-state index contributed by atoms with van der Waals surface area (Å²) in [5, 5.41) is 3.75. The van der Waals surface area contributed by atoms with Gasteiger partial charge < -0.3 is 5.32 Å². The van der Waals surface area contributed by atoms with Gasteiger partial charge in [-0.15, -0.1) is 0 Å². The van der Waals surface area contributed by atoms with Gasteiger partial charge in [0.25, 0.3) is 0 Å². The Morgan fingerprint density at radius 3 is 1.79 bits per heavy atom. The van der Waals surface area contributed by atoms with Crippen LogP contribution >= 0.6 is 0 Å². The van der Waals surface area contributed by atoms with Crippen LogP contribution in [0.5, 0.6) is 0 Å². The van der Waals surface area contributed by atoms with Crippen molar-refractivity contribution in [1.82, 2.24) is 10.3 Å². The number of nitrogens with one attached hydrogen (secondary N) is 1. The molecule has 1 atom stereocenters. The molecule has 0 bridgehead atoms. The largest absolute Gasteiger partial charge is 0.338 e. The van der Waals surface area contributed by atoms with Crippen molar-refractivity contribution in [2.75, 3.05) is 0 Å². The molecule has 2 heterocycles. The van der Waals surface area contributed by atoms with E-state index >= 15 is 0 Å². The normalized spacial score (nSPS) is 15.0. The fourth-order valence-corrected chi connectivity index (χ4v) is 5.34. The standard InChI is InChI=1S/C36H31N3/c1-3-30-34(28-20-12-6-13-21-28)38-36(29-22-14-7-15-23-29)39-35(30)33-25(2)31(26-16-8-4-9-17-26)24-32(37-33)27-18-10-5-11-19-27/h4-24,34H,3H2,1-2H3,(H,38,39). The molecule has 5 aromatic rings. The molecule has 0 fully saturated rings. The highest BCUT2D eigenvalue weighted by atomic mass is 15.1. The van der Waals surface area contributed by atoms with Crippen LogP contribution in [0.25, 0.3) is 28.1 Å². The minimum absolute atomic E-state index is 0.0931. The van der Waals surface area contributed by atoms with Crippen molar-refractivity contribution in [2.24, 2.45) is 4.99 Å². The molecule has 0 aliphatic carbocycles. The smallest absolute Gasteiger partial charge is 0.133 e. The van der Waals surface area contributed by atoms with E-state index in [1.807, 2.05) is 12.1 Å². The first kappa shape index (κ1) is 24.6. The first-order chi connectivity index (χ1) is 19.2. The van der Waals surface area contributed by atoms with Crippen LogP contribution in [0.4, 0.5) is 0 Å². The Hall–Kier alpha value is -4.76. The minimum atomic E-state index is -0.0931.